The summed E-state index contributed by atoms with van der Waals surface area (Å²) in [4.78, 5) is 39.7. The highest BCUT2D eigenvalue weighted by atomic mass is 32.1. The molecular weight excluding hydrogens is 406 g/mol. The molecule has 156 valence electrons. The predicted octanol–water partition coefficient (Wildman–Crippen LogP) is 2.56. The summed E-state index contributed by atoms with van der Waals surface area (Å²) in [5.74, 6) is -0.0345. The standard InChI is InChI=1S/C21H21N3O5S/c1-28-17-6-4-3-5-14(17)12-22-18(25)9-10-24-19(26)15-8-7-13(20(27)29-2)11-16(15)23-21(24)30/h3-8,11H,9-10,12H2,1-2H3,(H,22,25)(H,23,30). The van der Waals surface area contributed by atoms with Crippen molar-refractivity contribution in [2.45, 2.75) is 19.5 Å². The summed E-state index contributed by atoms with van der Waals surface area (Å²) in [5, 5.41) is 3.18. The van der Waals surface area contributed by atoms with Gasteiger partial charge in [-0.15, -0.1) is 0 Å². The average Bonchev–Trinajstić information content (AvgIpc) is 2.76. The minimum atomic E-state index is -0.507. The second kappa shape index (κ2) is 9.36. The van der Waals surface area contributed by atoms with Gasteiger partial charge in [-0.2, -0.15) is 0 Å². The fourth-order valence-corrected chi connectivity index (χ4v) is 3.33. The number of fused-ring (bicyclic) bond motifs is 1. The highest BCUT2D eigenvalue weighted by Gasteiger charge is 2.12. The molecule has 0 bridgehead atoms. The fraction of sp³-hybridized carbons (Fsp3) is 0.238. The summed E-state index contributed by atoms with van der Waals surface area (Å²) in [5.41, 5.74) is 1.27. The Bertz CT molecular complexity index is 1220. The number of esters is 1. The number of carbonyl (C=O) groups is 2. The summed E-state index contributed by atoms with van der Waals surface area (Å²) in [6.45, 7) is 0.444. The number of nitrogens with one attached hydrogen (secondary N) is 2. The molecule has 1 amide bonds. The first-order chi connectivity index (χ1) is 14.4. The zero-order valence-corrected chi connectivity index (χ0v) is 17.4. The van der Waals surface area contributed by atoms with Gasteiger partial charge < -0.3 is 19.8 Å². The highest BCUT2D eigenvalue weighted by Crippen LogP contribution is 2.16. The number of nitrogens with zero attached hydrogens (tertiary/aromatic N) is 1. The van der Waals surface area contributed by atoms with Crippen LogP contribution < -0.4 is 15.6 Å². The molecule has 2 aromatic carbocycles. The number of aromatic amines is 1. The van der Waals surface area contributed by atoms with Crippen molar-refractivity contribution in [1.29, 1.82) is 0 Å². The van der Waals surface area contributed by atoms with E-state index in [4.69, 9.17) is 17.0 Å². The van der Waals surface area contributed by atoms with Gasteiger partial charge in [-0.3, -0.25) is 14.2 Å². The van der Waals surface area contributed by atoms with Crippen LogP contribution in [0.2, 0.25) is 0 Å². The van der Waals surface area contributed by atoms with Crippen LogP contribution >= 0.6 is 12.2 Å². The summed E-state index contributed by atoms with van der Waals surface area (Å²) in [6.07, 6.45) is 0.0816. The summed E-state index contributed by atoms with van der Waals surface area (Å²) in [6, 6.07) is 12.0. The zero-order chi connectivity index (χ0) is 21.7. The third kappa shape index (κ3) is 4.57. The largest absolute Gasteiger partial charge is 0.496 e. The Morgan fingerprint density at radius 3 is 2.67 bits per heavy atom. The Labute approximate surface area is 177 Å². The van der Waals surface area contributed by atoms with Crippen LogP contribution in [0.5, 0.6) is 5.75 Å². The third-order valence-corrected chi connectivity index (χ3v) is 4.96. The maximum atomic E-state index is 12.8. The molecule has 0 aliphatic rings. The van der Waals surface area contributed by atoms with Crippen molar-refractivity contribution in [2.24, 2.45) is 0 Å². The average molecular weight is 427 g/mol. The molecule has 0 fully saturated rings. The monoisotopic (exact) mass is 427 g/mol. The maximum Gasteiger partial charge on any atom is 0.337 e. The lowest BCUT2D eigenvalue weighted by Gasteiger charge is -2.11. The Hall–Kier alpha value is -3.46. The third-order valence-electron chi connectivity index (χ3n) is 4.63. The van der Waals surface area contributed by atoms with Gasteiger partial charge in [0.2, 0.25) is 5.91 Å². The summed E-state index contributed by atoms with van der Waals surface area (Å²) < 4.78 is 11.5. The van der Waals surface area contributed by atoms with E-state index in [9.17, 15) is 14.4 Å². The van der Waals surface area contributed by atoms with Crippen LogP contribution in [-0.4, -0.2) is 35.6 Å². The molecule has 3 rings (SSSR count). The number of carbonyl (C=O) groups excluding carboxylic acids is 2. The second-order valence-corrected chi connectivity index (χ2v) is 6.86. The van der Waals surface area contributed by atoms with Crippen molar-refractivity contribution in [1.82, 2.24) is 14.9 Å². The van der Waals surface area contributed by atoms with E-state index in [1.54, 1.807) is 7.11 Å². The van der Waals surface area contributed by atoms with Gasteiger partial charge in [0.1, 0.15) is 5.75 Å². The van der Waals surface area contributed by atoms with Crippen LogP contribution in [0.1, 0.15) is 22.3 Å². The first kappa shape index (κ1) is 21.3. The van der Waals surface area contributed by atoms with Crippen molar-refractivity contribution in [2.75, 3.05) is 14.2 Å². The molecule has 0 saturated heterocycles. The predicted molar refractivity (Wildman–Crippen MR) is 114 cm³/mol. The number of H-pyrrole nitrogens is 1. The number of rotatable bonds is 7. The molecule has 0 radical (unpaired) electrons. The molecule has 0 spiro atoms. The van der Waals surface area contributed by atoms with Crippen LogP contribution in [0.3, 0.4) is 0 Å². The minimum Gasteiger partial charge on any atom is -0.496 e. The van der Waals surface area contributed by atoms with Gasteiger partial charge in [0, 0.05) is 25.1 Å². The molecular formula is C21H21N3O5S. The minimum absolute atomic E-state index is 0.0816. The van der Waals surface area contributed by atoms with Crippen molar-refractivity contribution < 1.29 is 19.1 Å². The molecule has 3 aromatic rings. The number of amides is 1. The topological polar surface area (TPSA) is 102 Å². The second-order valence-electron chi connectivity index (χ2n) is 6.48. The number of ether oxygens (including phenoxy) is 2. The van der Waals surface area contributed by atoms with Crippen LogP contribution in [0, 0.1) is 4.77 Å². The van der Waals surface area contributed by atoms with Gasteiger partial charge in [-0.1, -0.05) is 18.2 Å². The molecule has 30 heavy (non-hydrogen) atoms. The smallest absolute Gasteiger partial charge is 0.337 e. The normalized spacial score (nSPS) is 10.6. The molecule has 0 aliphatic heterocycles. The highest BCUT2D eigenvalue weighted by molar-refractivity contribution is 7.71. The van der Waals surface area contributed by atoms with Gasteiger partial charge in [-0.25, -0.2) is 4.79 Å². The number of hydrogen-bond donors (Lipinski definition) is 2. The lowest BCUT2D eigenvalue weighted by atomic mass is 10.1. The SMILES string of the molecule is COC(=O)c1ccc2c(=O)n(CCC(=O)NCc3ccccc3OC)c(=S)[nH]c2c1. The number of benzene rings is 2. The zero-order valence-electron chi connectivity index (χ0n) is 16.6. The van der Waals surface area contributed by atoms with Gasteiger partial charge in [0.25, 0.3) is 5.56 Å². The van der Waals surface area contributed by atoms with E-state index in [1.165, 1.54) is 29.9 Å². The molecule has 0 unspecified atom stereocenters. The van der Waals surface area contributed by atoms with E-state index in [0.717, 1.165) is 5.56 Å². The summed E-state index contributed by atoms with van der Waals surface area (Å²) >= 11 is 5.27. The van der Waals surface area contributed by atoms with E-state index >= 15 is 0 Å². The molecule has 2 N–H and O–H groups in total. The van der Waals surface area contributed by atoms with E-state index < -0.39 is 5.97 Å². The number of para-hydroxylation sites is 1. The van der Waals surface area contributed by atoms with Gasteiger partial charge in [0.15, 0.2) is 4.77 Å². The van der Waals surface area contributed by atoms with Crippen molar-refractivity contribution in [3.8, 4) is 5.75 Å². The van der Waals surface area contributed by atoms with Crippen LogP contribution in [0.4, 0.5) is 0 Å². The Kier molecular flexibility index (Phi) is 6.63. The number of aromatic nitrogens is 2. The van der Waals surface area contributed by atoms with E-state index in [-0.39, 0.29) is 29.2 Å². The molecule has 1 aromatic heterocycles. The van der Waals surface area contributed by atoms with Crippen LogP contribution in [0.15, 0.2) is 47.3 Å². The Morgan fingerprint density at radius 2 is 1.93 bits per heavy atom. The van der Waals surface area contributed by atoms with E-state index in [1.807, 2.05) is 24.3 Å². The quantitative estimate of drug-likeness (QED) is 0.444. The lowest BCUT2D eigenvalue weighted by molar-refractivity contribution is -0.121. The summed E-state index contributed by atoms with van der Waals surface area (Å²) in [7, 11) is 2.86. The number of methoxy groups -OCH3 is 2. The Morgan fingerprint density at radius 1 is 1.17 bits per heavy atom. The first-order valence-corrected chi connectivity index (χ1v) is 9.59. The van der Waals surface area contributed by atoms with Gasteiger partial charge >= 0.3 is 5.97 Å². The maximum absolute atomic E-state index is 12.8. The molecule has 0 aliphatic carbocycles. The van der Waals surface area contributed by atoms with Crippen LogP contribution in [-0.2, 0) is 22.6 Å². The van der Waals surface area contributed by atoms with Crippen molar-refractivity contribution in [3.63, 3.8) is 0 Å². The van der Waals surface area contributed by atoms with E-state index in [0.29, 0.717) is 28.8 Å². The van der Waals surface area contributed by atoms with Crippen molar-refractivity contribution >= 4 is 35.0 Å². The molecule has 0 saturated carbocycles. The molecule has 1 heterocycles. The Balaban J connectivity index is 1.72. The molecule has 8 nitrogen and oxygen atoms in total. The van der Waals surface area contributed by atoms with Gasteiger partial charge in [-0.05, 0) is 36.5 Å². The molecule has 9 heteroatoms. The van der Waals surface area contributed by atoms with Gasteiger partial charge in [0.05, 0.1) is 30.7 Å². The first-order valence-electron chi connectivity index (χ1n) is 9.18. The van der Waals surface area contributed by atoms with E-state index in [2.05, 4.69) is 15.0 Å². The number of hydrogen-bond acceptors (Lipinski definition) is 6. The fourth-order valence-electron chi connectivity index (χ4n) is 3.05. The van der Waals surface area contributed by atoms with Crippen LogP contribution in [0.25, 0.3) is 10.9 Å². The lowest BCUT2D eigenvalue weighted by Crippen LogP contribution is -2.28. The van der Waals surface area contributed by atoms with Crippen molar-refractivity contribution in [3.05, 3.63) is 68.7 Å². The molecule has 0 atom stereocenters.